The number of hydrogen-bond donors (Lipinski definition) is 0. The molecule has 90 valence electrons. The van der Waals surface area contributed by atoms with Crippen LogP contribution in [0.4, 0.5) is 0 Å². The van der Waals surface area contributed by atoms with E-state index < -0.39 is 0 Å². The Morgan fingerprint density at radius 1 is 1.50 bits per heavy atom. The Labute approximate surface area is 98.4 Å². The Balaban J connectivity index is 2.26. The zero-order valence-electron chi connectivity index (χ0n) is 10.6. The van der Waals surface area contributed by atoms with Gasteiger partial charge in [-0.3, -0.25) is 0 Å². The number of allylic oxidation sites excluding steroid dienone is 3. The van der Waals surface area contributed by atoms with Gasteiger partial charge in [0.25, 0.3) is 0 Å². The zero-order valence-corrected chi connectivity index (χ0v) is 10.6. The maximum atomic E-state index is 11.2. The third-order valence-electron chi connectivity index (χ3n) is 2.85. The monoisotopic (exact) mass is 222 g/mol. The molecule has 2 nitrogen and oxygen atoms in total. The lowest BCUT2D eigenvalue weighted by molar-refractivity contribution is -0.135. The van der Waals surface area contributed by atoms with E-state index in [-0.39, 0.29) is 5.97 Å². The normalized spacial score (nSPS) is 19.7. The summed E-state index contributed by atoms with van der Waals surface area (Å²) in [6.45, 7) is 7.05. The third-order valence-corrected chi connectivity index (χ3v) is 2.85. The fourth-order valence-corrected chi connectivity index (χ4v) is 1.75. The van der Waals surface area contributed by atoms with Crippen LogP contribution in [0.5, 0.6) is 0 Å². The average Bonchev–Trinajstić information content (AvgIpc) is 2.60. The molecule has 1 atom stereocenters. The molecule has 1 aliphatic rings. The van der Waals surface area contributed by atoms with Gasteiger partial charge in [-0.25, -0.2) is 4.79 Å². The smallest absolute Gasteiger partial charge is 0.333 e. The van der Waals surface area contributed by atoms with Crippen LogP contribution in [-0.2, 0) is 9.53 Å². The van der Waals surface area contributed by atoms with Gasteiger partial charge in [0.05, 0.1) is 6.61 Å². The maximum absolute atomic E-state index is 11.2. The number of esters is 1. The Morgan fingerprint density at radius 3 is 2.81 bits per heavy atom. The minimum absolute atomic E-state index is 0.114. The molecule has 0 aromatic carbocycles. The second-order valence-corrected chi connectivity index (χ2v) is 4.81. The van der Waals surface area contributed by atoms with Crippen molar-refractivity contribution in [3.8, 4) is 0 Å². The first-order chi connectivity index (χ1) is 7.59. The van der Waals surface area contributed by atoms with E-state index >= 15 is 0 Å². The van der Waals surface area contributed by atoms with E-state index in [0.717, 1.165) is 24.8 Å². The predicted molar refractivity (Wildman–Crippen MR) is 66.1 cm³/mol. The summed E-state index contributed by atoms with van der Waals surface area (Å²) in [5.74, 6) is 0.521. The van der Waals surface area contributed by atoms with Crippen molar-refractivity contribution in [3.63, 3.8) is 0 Å². The molecule has 0 amide bonds. The van der Waals surface area contributed by atoms with Crippen molar-refractivity contribution in [1.29, 1.82) is 0 Å². The molecule has 1 saturated heterocycles. The Kier molecular flexibility index (Phi) is 5.30. The first-order valence-electron chi connectivity index (χ1n) is 6.09. The number of rotatable bonds is 5. The summed E-state index contributed by atoms with van der Waals surface area (Å²) in [5.41, 5.74) is 2.25. The maximum Gasteiger partial charge on any atom is 0.333 e. The predicted octanol–water partition coefficient (Wildman–Crippen LogP) is 3.63. The Morgan fingerprint density at radius 2 is 2.25 bits per heavy atom. The summed E-state index contributed by atoms with van der Waals surface area (Å²) in [7, 11) is 0. The molecule has 0 radical (unpaired) electrons. The van der Waals surface area contributed by atoms with Gasteiger partial charge in [-0.05, 0) is 39.0 Å². The number of carbonyl (C=O) groups is 1. The van der Waals surface area contributed by atoms with E-state index in [0.29, 0.717) is 12.5 Å². The SMILES string of the molecule is CC(C)=CCC[C@@H](C)C/C=C1\CCOC1=O. The van der Waals surface area contributed by atoms with Crippen LogP contribution in [-0.4, -0.2) is 12.6 Å². The molecular weight excluding hydrogens is 200 g/mol. The van der Waals surface area contributed by atoms with Gasteiger partial charge < -0.3 is 4.74 Å². The van der Waals surface area contributed by atoms with Crippen molar-refractivity contribution in [2.45, 2.75) is 46.5 Å². The number of cyclic esters (lactones) is 1. The zero-order chi connectivity index (χ0) is 12.0. The van der Waals surface area contributed by atoms with E-state index in [4.69, 9.17) is 4.74 Å². The van der Waals surface area contributed by atoms with Gasteiger partial charge >= 0.3 is 5.97 Å². The third kappa shape index (κ3) is 4.65. The summed E-state index contributed by atoms with van der Waals surface area (Å²) in [5, 5.41) is 0. The lowest BCUT2D eigenvalue weighted by atomic mass is 9.99. The van der Waals surface area contributed by atoms with Crippen LogP contribution in [0, 0.1) is 5.92 Å². The molecule has 0 aromatic heterocycles. The molecule has 0 unspecified atom stereocenters. The highest BCUT2D eigenvalue weighted by atomic mass is 16.5. The van der Waals surface area contributed by atoms with Crippen LogP contribution in [0.3, 0.4) is 0 Å². The quantitative estimate of drug-likeness (QED) is 0.403. The first kappa shape index (κ1) is 13.0. The summed E-state index contributed by atoms with van der Waals surface area (Å²) in [6, 6.07) is 0. The summed E-state index contributed by atoms with van der Waals surface area (Å²) in [6.07, 6.45) is 8.43. The lowest BCUT2D eigenvalue weighted by Crippen LogP contribution is -1.97. The van der Waals surface area contributed by atoms with Crippen LogP contribution < -0.4 is 0 Å². The molecular formula is C14H22O2. The molecule has 0 aromatic rings. The largest absolute Gasteiger partial charge is 0.462 e. The van der Waals surface area contributed by atoms with Crippen LogP contribution in [0.15, 0.2) is 23.3 Å². The van der Waals surface area contributed by atoms with Gasteiger partial charge in [-0.2, -0.15) is 0 Å². The molecule has 1 fully saturated rings. The Hall–Kier alpha value is -1.05. The molecule has 0 spiro atoms. The average molecular weight is 222 g/mol. The van der Waals surface area contributed by atoms with Gasteiger partial charge in [0.2, 0.25) is 0 Å². The van der Waals surface area contributed by atoms with Crippen molar-refractivity contribution < 1.29 is 9.53 Å². The highest BCUT2D eigenvalue weighted by molar-refractivity contribution is 5.90. The van der Waals surface area contributed by atoms with E-state index in [1.807, 2.05) is 0 Å². The van der Waals surface area contributed by atoms with Gasteiger partial charge in [0.15, 0.2) is 0 Å². The van der Waals surface area contributed by atoms with Crippen LogP contribution >= 0.6 is 0 Å². The number of hydrogen-bond acceptors (Lipinski definition) is 2. The van der Waals surface area contributed by atoms with E-state index in [9.17, 15) is 4.79 Å². The van der Waals surface area contributed by atoms with E-state index in [1.165, 1.54) is 12.0 Å². The van der Waals surface area contributed by atoms with Crippen LogP contribution in [0.1, 0.15) is 46.5 Å². The molecule has 1 aliphatic heterocycles. The molecule has 16 heavy (non-hydrogen) atoms. The highest BCUT2D eigenvalue weighted by Gasteiger charge is 2.17. The molecule has 2 heteroatoms. The first-order valence-corrected chi connectivity index (χ1v) is 6.09. The summed E-state index contributed by atoms with van der Waals surface area (Å²) >= 11 is 0. The van der Waals surface area contributed by atoms with Gasteiger partial charge in [0.1, 0.15) is 0 Å². The molecule has 0 aliphatic carbocycles. The van der Waals surface area contributed by atoms with E-state index in [2.05, 4.69) is 32.9 Å². The molecule has 1 rings (SSSR count). The van der Waals surface area contributed by atoms with Crippen LogP contribution in [0.25, 0.3) is 0 Å². The fourth-order valence-electron chi connectivity index (χ4n) is 1.75. The van der Waals surface area contributed by atoms with Crippen molar-refractivity contribution in [2.75, 3.05) is 6.61 Å². The molecule has 0 N–H and O–H groups in total. The molecule has 0 saturated carbocycles. The number of carbonyl (C=O) groups excluding carboxylic acids is 1. The standard InChI is InChI=1S/C14H22O2/c1-11(2)5-4-6-12(3)7-8-13-9-10-16-14(13)15/h5,8,12H,4,6-7,9-10H2,1-3H3/b13-8+/t12-/m1/s1. The Bertz CT molecular complexity index is 296. The number of ether oxygens (including phenoxy) is 1. The van der Waals surface area contributed by atoms with Crippen molar-refractivity contribution >= 4 is 5.97 Å². The van der Waals surface area contributed by atoms with Crippen LogP contribution in [0.2, 0.25) is 0 Å². The van der Waals surface area contributed by atoms with Gasteiger partial charge in [0, 0.05) is 12.0 Å². The van der Waals surface area contributed by atoms with Gasteiger partial charge in [-0.15, -0.1) is 0 Å². The molecule has 0 bridgehead atoms. The fraction of sp³-hybridized carbons (Fsp3) is 0.643. The van der Waals surface area contributed by atoms with Crippen molar-refractivity contribution in [3.05, 3.63) is 23.3 Å². The second kappa shape index (κ2) is 6.51. The van der Waals surface area contributed by atoms with E-state index in [1.54, 1.807) is 0 Å². The van der Waals surface area contributed by atoms with Gasteiger partial charge in [-0.1, -0.05) is 24.6 Å². The van der Waals surface area contributed by atoms with Crippen molar-refractivity contribution in [1.82, 2.24) is 0 Å². The highest BCUT2D eigenvalue weighted by Crippen LogP contribution is 2.18. The lowest BCUT2D eigenvalue weighted by Gasteiger charge is -2.06. The van der Waals surface area contributed by atoms with Crippen molar-refractivity contribution in [2.24, 2.45) is 5.92 Å². The summed E-state index contributed by atoms with van der Waals surface area (Å²) in [4.78, 5) is 11.2. The second-order valence-electron chi connectivity index (χ2n) is 4.81. The summed E-state index contributed by atoms with van der Waals surface area (Å²) < 4.78 is 4.89. The minimum Gasteiger partial charge on any atom is -0.462 e. The minimum atomic E-state index is -0.114. The topological polar surface area (TPSA) is 26.3 Å². The molecule has 1 heterocycles.